The van der Waals surface area contributed by atoms with Crippen LogP contribution in [0.15, 0.2) is 12.7 Å². The Kier molecular flexibility index (Phi) is 3.65. The first-order valence-corrected chi connectivity index (χ1v) is 6.91. The maximum Gasteiger partial charge on any atom is 0.258 e. The number of likely N-dealkylation sites (tertiary alicyclic amines) is 1. The molecule has 1 aliphatic heterocycles. The first-order valence-electron chi connectivity index (χ1n) is 6.91. The number of nitrogen functional groups attached to an aromatic ring is 1. The standard InChI is InChI=1S/C12H19N9/c1-19-5-3-9(4-6-19)20(2)11-16-10(13)17-12(18-11)21-8-14-7-15-21/h7-9H,3-6H2,1-2H3,(H2,13,16,17,18). The molecule has 0 aliphatic carbocycles. The Bertz CT molecular complexity index is 589. The normalized spacial score (nSPS) is 17.0. The van der Waals surface area contributed by atoms with Gasteiger partial charge in [-0.3, -0.25) is 0 Å². The Hall–Kier alpha value is -2.29. The third-order valence-corrected chi connectivity index (χ3v) is 3.80. The number of piperidine rings is 1. The van der Waals surface area contributed by atoms with Crippen molar-refractivity contribution < 1.29 is 0 Å². The Labute approximate surface area is 122 Å². The van der Waals surface area contributed by atoms with Crippen LogP contribution in [0.25, 0.3) is 5.95 Å². The Balaban J connectivity index is 1.84. The van der Waals surface area contributed by atoms with Crippen LogP contribution in [-0.2, 0) is 0 Å². The number of hydrogen-bond donors (Lipinski definition) is 1. The van der Waals surface area contributed by atoms with E-state index in [1.807, 2.05) is 7.05 Å². The van der Waals surface area contributed by atoms with E-state index in [0.717, 1.165) is 25.9 Å². The minimum atomic E-state index is 0.185. The summed E-state index contributed by atoms with van der Waals surface area (Å²) in [6.07, 6.45) is 5.13. The van der Waals surface area contributed by atoms with E-state index in [1.54, 1.807) is 0 Å². The van der Waals surface area contributed by atoms with Crippen LogP contribution in [-0.4, -0.2) is 67.8 Å². The molecule has 0 saturated carbocycles. The summed E-state index contributed by atoms with van der Waals surface area (Å²) in [5, 5.41) is 4.02. The maximum absolute atomic E-state index is 5.80. The van der Waals surface area contributed by atoms with Crippen molar-refractivity contribution in [3.05, 3.63) is 12.7 Å². The van der Waals surface area contributed by atoms with Crippen LogP contribution in [0, 0.1) is 0 Å². The first-order chi connectivity index (χ1) is 10.1. The molecule has 1 saturated heterocycles. The van der Waals surface area contributed by atoms with Gasteiger partial charge in [0.1, 0.15) is 12.7 Å². The lowest BCUT2D eigenvalue weighted by Gasteiger charge is -2.35. The molecule has 0 unspecified atom stereocenters. The monoisotopic (exact) mass is 289 g/mol. The van der Waals surface area contributed by atoms with Crippen LogP contribution in [0.5, 0.6) is 0 Å². The number of rotatable bonds is 3. The minimum Gasteiger partial charge on any atom is -0.368 e. The lowest BCUT2D eigenvalue weighted by Crippen LogP contribution is -2.42. The lowest BCUT2D eigenvalue weighted by molar-refractivity contribution is 0.252. The average molecular weight is 289 g/mol. The second-order valence-corrected chi connectivity index (χ2v) is 5.28. The van der Waals surface area contributed by atoms with E-state index in [0.29, 0.717) is 17.9 Å². The summed E-state index contributed by atoms with van der Waals surface area (Å²) < 4.78 is 1.48. The molecule has 3 rings (SSSR count). The third kappa shape index (κ3) is 2.92. The van der Waals surface area contributed by atoms with Crippen molar-refractivity contribution in [2.75, 3.05) is 37.8 Å². The zero-order valence-electron chi connectivity index (χ0n) is 12.2. The maximum atomic E-state index is 5.80. The van der Waals surface area contributed by atoms with Gasteiger partial charge in [-0.05, 0) is 33.0 Å². The van der Waals surface area contributed by atoms with Gasteiger partial charge >= 0.3 is 0 Å². The summed E-state index contributed by atoms with van der Waals surface area (Å²) in [7, 11) is 4.13. The fraction of sp³-hybridized carbons (Fsp3) is 0.583. The van der Waals surface area contributed by atoms with Crippen molar-refractivity contribution in [1.29, 1.82) is 0 Å². The zero-order chi connectivity index (χ0) is 14.8. The molecule has 21 heavy (non-hydrogen) atoms. The van der Waals surface area contributed by atoms with Gasteiger partial charge in [0.2, 0.25) is 11.9 Å². The highest BCUT2D eigenvalue weighted by molar-refractivity contribution is 5.38. The van der Waals surface area contributed by atoms with Crippen LogP contribution in [0.3, 0.4) is 0 Å². The van der Waals surface area contributed by atoms with E-state index < -0.39 is 0 Å². The lowest BCUT2D eigenvalue weighted by atomic mass is 10.0. The molecule has 1 fully saturated rings. The summed E-state index contributed by atoms with van der Waals surface area (Å²) in [6, 6.07) is 0.409. The number of nitrogens with zero attached hydrogens (tertiary/aromatic N) is 8. The van der Waals surface area contributed by atoms with E-state index in [9.17, 15) is 0 Å². The molecule has 9 nitrogen and oxygen atoms in total. The second-order valence-electron chi connectivity index (χ2n) is 5.28. The van der Waals surface area contributed by atoms with Crippen molar-refractivity contribution in [3.8, 4) is 5.95 Å². The van der Waals surface area contributed by atoms with Gasteiger partial charge in [0.15, 0.2) is 0 Å². The molecule has 0 bridgehead atoms. The van der Waals surface area contributed by atoms with Gasteiger partial charge in [-0.15, -0.1) is 0 Å². The highest BCUT2D eigenvalue weighted by Gasteiger charge is 2.23. The van der Waals surface area contributed by atoms with Gasteiger partial charge in [-0.2, -0.15) is 24.7 Å². The molecule has 3 heterocycles. The number of anilines is 2. The Morgan fingerprint density at radius 2 is 2.00 bits per heavy atom. The van der Waals surface area contributed by atoms with Gasteiger partial charge in [0, 0.05) is 13.1 Å². The molecule has 0 spiro atoms. The highest BCUT2D eigenvalue weighted by Crippen LogP contribution is 2.19. The molecule has 9 heteroatoms. The summed E-state index contributed by atoms with van der Waals surface area (Å²) in [4.78, 5) is 21.1. The van der Waals surface area contributed by atoms with Gasteiger partial charge < -0.3 is 15.5 Å². The van der Waals surface area contributed by atoms with Crippen LogP contribution in [0.1, 0.15) is 12.8 Å². The Morgan fingerprint density at radius 3 is 2.67 bits per heavy atom. The fourth-order valence-corrected chi connectivity index (χ4v) is 2.49. The van der Waals surface area contributed by atoms with E-state index in [1.165, 1.54) is 17.3 Å². The number of hydrogen-bond acceptors (Lipinski definition) is 8. The van der Waals surface area contributed by atoms with Gasteiger partial charge in [-0.25, -0.2) is 4.98 Å². The van der Waals surface area contributed by atoms with Crippen molar-refractivity contribution >= 4 is 11.9 Å². The average Bonchev–Trinajstić information content (AvgIpc) is 3.01. The Morgan fingerprint density at radius 1 is 1.24 bits per heavy atom. The SMILES string of the molecule is CN1CCC(N(C)c2nc(N)nc(-n3cncn3)n2)CC1. The van der Waals surface area contributed by atoms with E-state index in [4.69, 9.17) is 5.73 Å². The van der Waals surface area contributed by atoms with Gasteiger partial charge in [0.25, 0.3) is 5.95 Å². The van der Waals surface area contributed by atoms with Crippen molar-refractivity contribution in [2.24, 2.45) is 0 Å². The second kappa shape index (κ2) is 5.60. The van der Waals surface area contributed by atoms with Crippen molar-refractivity contribution in [1.82, 2.24) is 34.6 Å². The zero-order valence-corrected chi connectivity index (χ0v) is 12.2. The van der Waals surface area contributed by atoms with Crippen molar-refractivity contribution in [3.63, 3.8) is 0 Å². The largest absolute Gasteiger partial charge is 0.368 e. The topological polar surface area (TPSA) is 102 Å². The highest BCUT2D eigenvalue weighted by atomic mass is 15.4. The molecule has 1 aliphatic rings. The van der Waals surface area contributed by atoms with Crippen LogP contribution >= 0.6 is 0 Å². The minimum absolute atomic E-state index is 0.185. The first kappa shape index (κ1) is 13.7. The smallest absolute Gasteiger partial charge is 0.258 e. The molecule has 2 aromatic rings. The van der Waals surface area contributed by atoms with Crippen molar-refractivity contribution in [2.45, 2.75) is 18.9 Å². The molecular weight excluding hydrogens is 270 g/mol. The molecular formula is C12H19N9. The summed E-state index contributed by atoms with van der Waals surface area (Å²) >= 11 is 0. The van der Waals surface area contributed by atoms with Crippen LogP contribution < -0.4 is 10.6 Å². The van der Waals surface area contributed by atoms with Crippen LogP contribution in [0.4, 0.5) is 11.9 Å². The predicted molar refractivity (Wildman–Crippen MR) is 78.1 cm³/mol. The van der Waals surface area contributed by atoms with Gasteiger partial charge in [0.05, 0.1) is 0 Å². The summed E-state index contributed by atoms with van der Waals surface area (Å²) in [5.74, 6) is 1.14. The molecule has 0 radical (unpaired) electrons. The third-order valence-electron chi connectivity index (χ3n) is 3.80. The molecule has 2 N–H and O–H groups in total. The predicted octanol–water partition coefficient (Wildman–Crippen LogP) is -0.435. The number of nitrogens with two attached hydrogens (primary N) is 1. The fourth-order valence-electron chi connectivity index (χ4n) is 2.49. The molecule has 0 atom stereocenters. The molecule has 112 valence electrons. The number of aromatic nitrogens is 6. The molecule has 0 aromatic carbocycles. The van der Waals surface area contributed by atoms with E-state index >= 15 is 0 Å². The summed E-state index contributed by atoms with van der Waals surface area (Å²) in [5.41, 5.74) is 5.80. The van der Waals surface area contributed by atoms with Crippen LogP contribution in [0.2, 0.25) is 0 Å². The van der Waals surface area contributed by atoms with Gasteiger partial charge in [-0.1, -0.05) is 0 Å². The molecule has 0 amide bonds. The molecule has 2 aromatic heterocycles. The van der Waals surface area contributed by atoms with E-state index in [-0.39, 0.29) is 5.95 Å². The summed E-state index contributed by atoms with van der Waals surface area (Å²) in [6.45, 7) is 2.15. The van der Waals surface area contributed by atoms with E-state index in [2.05, 4.69) is 41.9 Å². The quantitative estimate of drug-likeness (QED) is 0.811.